The van der Waals surface area contributed by atoms with Crippen LogP contribution in [0.25, 0.3) is 16.6 Å². The van der Waals surface area contributed by atoms with Crippen LogP contribution >= 0.6 is 0 Å². The first-order valence-electron chi connectivity index (χ1n) is 12.2. The van der Waals surface area contributed by atoms with E-state index < -0.39 is 10.0 Å². The van der Waals surface area contributed by atoms with Crippen molar-refractivity contribution in [2.75, 3.05) is 12.8 Å². The number of para-hydroxylation sites is 2. The molecular formula is C29H31N3O2S. The second-order valence-electron chi connectivity index (χ2n) is 9.24. The van der Waals surface area contributed by atoms with Crippen molar-refractivity contribution in [3.8, 4) is 0 Å². The number of aromatic nitrogens is 2. The average Bonchev–Trinajstić information content (AvgIpc) is 3.09. The highest BCUT2D eigenvalue weighted by atomic mass is 32.2. The first-order valence-corrected chi connectivity index (χ1v) is 14.1. The maximum atomic E-state index is 11.6. The van der Waals surface area contributed by atoms with E-state index in [4.69, 9.17) is 4.98 Å². The fourth-order valence-electron chi connectivity index (χ4n) is 5.04. The van der Waals surface area contributed by atoms with E-state index in [1.54, 1.807) is 0 Å². The summed E-state index contributed by atoms with van der Waals surface area (Å²) in [5.41, 5.74) is 9.51. The molecule has 0 unspecified atom stereocenters. The minimum atomic E-state index is -3.25. The maximum Gasteiger partial charge on any atom is 0.208 e. The van der Waals surface area contributed by atoms with E-state index in [-0.39, 0.29) is 6.54 Å². The molecule has 0 aliphatic heterocycles. The molecule has 4 aromatic rings. The molecule has 180 valence electrons. The van der Waals surface area contributed by atoms with Crippen molar-refractivity contribution < 1.29 is 8.42 Å². The molecule has 5 nitrogen and oxygen atoms in total. The van der Waals surface area contributed by atoms with Gasteiger partial charge in [-0.1, -0.05) is 67.6 Å². The third-order valence-electron chi connectivity index (χ3n) is 6.63. The number of hydrogen-bond acceptors (Lipinski definition) is 3. The van der Waals surface area contributed by atoms with E-state index in [2.05, 4.69) is 76.9 Å². The van der Waals surface area contributed by atoms with Gasteiger partial charge in [-0.25, -0.2) is 18.1 Å². The smallest absolute Gasteiger partial charge is 0.208 e. The van der Waals surface area contributed by atoms with Gasteiger partial charge < -0.3 is 4.57 Å². The average molecular weight is 486 g/mol. The van der Waals surface area contributed by atoms with Crippen LogP contribution in [0, 0.1) is 0 Å². The number of nitrogens with one attached hydrogen (secondary N) is 1. The predicted molar refractivity (Wildman–Crippen MR) is 143 cm³/mol. The van der Waals surface area contributed by atoms with Crippen molar-refractivity contribution in [1.82, 2.24) is 14.3 Å². The summed E-state index contributed by atoms with van der Waals surface area (Å²) < 4.78 is 28.3. The molecule has 1 aliphatic rings. The van der Waals surface area contributed by atoms with Crippen molar-refractivity contribution in [3.63, 3.8) is 0 Å². The molecule has 0 saturated carbocycles. The minimum absolute atomic E-state index is 0.269. The molecule has 3 aromatic carbocycles. The van der Waals surface area contributed by atoms with Gasteiger partial charge in [0.05, 0.1) is 17.3 Å². The van der Waals surface area contributed by atoms with Gasteiger partial charge in [0.25, 0.3) is 0 Å². The van der Waals surface area contributed by atoms with Gasteiger partial charge in [0.15, 0.2) is 0 Å². The summed E-state index contributed by atoms with van der Waals surface area (Å²) in [4.78, 5) is 4.89. The third kappa shape index (κ3) is 5.09. The maximum absolute atomic E-state index is 11.6. The van der Waals surface area contributed by atoms with Gasteiger partial charge in [0.1, 0.15) is 5.82 Å². The zero-order valence-electron chi connectivity index (χ0n) is 20.3. The molecule has 1 aromatic heterocycles. The molecule has 0 bridgehead atoms. The van der Waals surface area contributed by atoms with Gasteiger partial charge >= 0.3 is 0 Å². The number of sulfonamides is 1. The number of benzene rings is 3. The Kier molecular flexibility index (Phi) is 6.58. The Morgan fingerprint density at radius 3 is 2.54 bits per heavy atom. The summed E-state index contributed by atoms with van der Waals surface area (Å²) in [5.74, 6) is 1.13. The number of fused-ring (bicyclic) bond motifs is 3. The fraction of sp³-hybridized carbons (Fsp3) is 0.276. The van der Waals surface area contributed by atoms with Crippen LogP contribution in [-0.4, -0.2) is 30.8 Å². The molecule has 0 saturated heterocycles. The van der Waals surface area contributed by atoms with Crippen molar-refractivity contribution in [1.29, 1.82) is 0 Å². The lowest BCUT2D eigenvalue weighted by Crippen LogP contribution is -2.22. The van der Waals surface area contributed by atoms with E-state index in [0.29, 0.717) is 0 Å². The monoisotopic (exact) mass is 485 g/mol. The van der Waals surface area contributed by atoms with Crippen LogP contribution in [0.4, 0.5) is 0 Å². The molecule has 0 fully saturated rings. The van der Waals surface area contributed by atoms with Gasteiger partial charge in [-0.05, 0) is 64.8 Å². The van der Waals surface area contributed by atoms with Crippen LogP contribution in [0.15, 0.2) is 72.8 Å². The lowest BCUT2D eigenvalue weighted by atomic mass is 9.92. The van der Waals surface area contributed by atoms with Gasteiger partial charge in [0, 0.05) is 19.5 Å². The first-order chi connectivity index (χ1) is 16.9. The number of rotatable bonds is 7. The zero-order valence-corrected chi connectivity index (χ0v) is 21.1. The van der Waals surface area contributed by atoms with Gasteiger partial charge in [-0.3, -0.25) is 0 Å². The summed E-state index contributed by atoms with van der Waals surface area (Å²) >= 11 is 0. The van der Waals surface area contributed by atoms with Gasteiger partial charge in [-0.15, -0.1) is 0 Å². The van der Waals surface area contributed by atoms with Crippen LogP contribution in [0.3, 0.4) is 0 Å². The molecule has 5 rings (SSSR count). The Morgan fingerprint density at radius 1 is 0.971 bits per heavy atom. The molecule has 1 N–H and O–H groups in total. The number of aryl methyl sites for hydroxylation is 3. The van der Waals surface area contributed by atoms with E-state index >= 15 is 0 Å². The Bertz CT molecular complexity index is 1520. The molecule has 0 amide bonds. The summed E-state index contributed by atoms with van der Waals surface area (Å²) in [5, 5.41) is 0. The summed E-state index contributed by atoms with van der Waals surface area (Å²) in [7, 11) is -3.25. The molecule has 35 heavy (non-hydrogen) atoms. The molecule has 1 aliphatic carbocycles. The lowest BCUT2D eigenvalue weighted by molar-refractivity contribution is 0.592. The zero-order chi connectivity index (χ0) is 24.4. The van der Waals surface area contributed by atoms with Crippen LogP contribution in [-0.2, 0) is 35.8 Å². The largest absolute Gasteiger partial charge is 0.323 e. The molecule has 1 heterocycles. The van der Waals surface area contributed by atoms with E-state index in [9.17, 15) is 8.42 Å². The van der Waals surface area contributed by atoms with E-state index in [1.165, 1.54) is 39.6 Å². The fourth-order valence-corrected chi connectivity index (χ4v) is 5.43. The van der Waals surface area contributed by atoms with E-state index in [1.807, 2.05) is 12.1 Å². The van der Waals surface area contributed by atoms with Crippen LogP contribution in [0.1, 0.15) is 47.0 Å². The Labute approximate surface area is 207 Å². The summed E-state index contributed by atoms with van der Waals surface area (Å²) in [6.07, 6.45) is 7.12. The number of hydrogen-bond donors (Lipinski definition) is 1. The lowest BCUT2D eigenvalue weighted by Gasteiger charge is -2.15. The first kappa shape index (κ1) is 23.5. The van der Waals surface area contributed by atoms with Crippen LogP contribution in [0.2, 0.25) is 0 Å². The van der Waals surface area contributed by atoms with Crippen molar-refractivity contribution in [3.05, 3.63) is 106 Å². The predicted octanol–water partition coefficient (Wildman–Crippen LogP) is 5.12. The Morgan fingerprint density at radius 2 is 1.71 bits per heavy atom. The number of imidazole rings is 1. The highest BCUT2D eigenvalue weighted by Gasteiger charge is 2.19. The Balaban J connectivity index is 1.54. The van der Waals surface area contributed by atoms with Crippen molar-refractivity contribution in [2.24, 2.45) is 0 Å². The second kappa shape index (κ2) is 9.80. The minimum Gasteiger partial charge on any atom is -0.323 e. The third-order valence-corrected chi connectivity index (χ3v) is 7.32. The van der Waals surface area contributed by atoms with Gasteiger partial charge in [0.2, 0.25) is 10.0 Å². The summed E-state index contributed by atoms with van der Waals surface area (Å²) in [6, 6.07) is 23.5. The quantitative estimate of drug-likeness (QED) is 0.395. The van der Waals surface area contributed by atoms with Crippen molar-refractivity contribution >= 4 is 26.6 Å². The molecule has 0 spiro atoms. The standard InChI is InChI=1S/C29H31N3O2S/c1-3-8-29-31-27-11-6-7-12-28(27)32(29)20-21-13-16-25-23(19-21)15-14-22-9-4-5-10-24(22)26(25)17-18-30-35(2,33)34/h4-7,9-13,16-17,19,30H,3,8,14-15,18,20H2,1-2H3/b26-17+. The SMILES string of the molecule is CCCc1nc2ccccc2n1Cc1ccc2c(c1)CCc1ccccc1/C2=C\CNS(C)(=O)=O. The Hall–Kier alpha value is -3.22. The topological polar surface area (TPSA) is 64.0 Å². The molecule has 6 heteroatoms. The molecular weight excluding hydrogens is 454 g/mol. The highest BCUT2D eigenvalue weighted by Crippen LogP contribution is 2.34. The second-order valence-corrected chi connectivity index (χ2v) is 11.1. The highest BCUT2D eigenvalue weighted by molar-refractivity contribution is 7.88. The molecule has 0 atom stereocenters. The normalized spacial score (nSPS) is 14.6. The van der Waals surface area contributed by atoms with Crippen molar-refractivity contribution in [2.45, 2.75) is 39.2 Å². The summed E-state index contributed by atoms with van der Waals surface area (Å²) in [6.45, 7) is 3.24. The van der Waals surface area contributed by atoms with Crippen LogP contribution < -0.4 is 4.72 Å². The van der Waals surface area contributed by atoms with Gasteiger partial charge in [-0.2, -0.15) is 0 Å². The molecule has 0 radical (unpaired) electrons. The number of nitrogens with zero attached hydrogens (tertiary/aromatic N) is 2. The van der Waals surface area contributed by atoms with E-state index in [0.717, 1.165) is 49.1 Å². The van der Waals surface area contributed by atoms with Crippen LogP contribution in [0.5, 0.6) is 0 Å².